The molecular weight excluding hydrogens is 222 g/mol. The third kappa shape index (κ3) is 6.32. The van der Waals surface area contributed by atoms with Crippen molar-refractivity contribution in [1.82, 2.24) is 0 Å². The highest BCUT2D eigenvalue weighted by molar-refractivity contribution is 5.38. The van der Waals surface area contributed by atoms with Crippen molar-refractivity contribution >= 4 is 0 Å². The van der Waals surface area contributed by atoms with Gasteiger partial charge < -0.3 is 10.5 Å². The van der Waals surface area contributed by atoms with E-state index in [1.165, 1.54) is 25.7 Å². The Kier molecular flexibility index (Phi) is 7.75. The maximum Gasteiger partial charge on any atom is 0.119 e. The quantitative estimate of drug-likeness (QED) is 0.590. The van der Waals surface area contributed by atoms with E-state index >= 15 is 0 Å². The Morgan fingerprint density at radius 3 is 2.44 bits per heavy atom. The molecule has 98 valence electrons. The summed E-state index contributed by atoms with van der Waals surface area (Å²) >= 11 is 0. The molecule has 2 heteroatoms. The van der Waals surface area contributed by atoms with Crippen molar-refractivity contribution in [2.45, 2.75) is 39.0 Å². The van der Waals surface area contributed by atoms with Crippen LogP contribution in [0.3, 0.4) is 0 Å². The minimum atomic E-state index is 0.399. The van der Waals surface area contributed by atoms with Gasteiger partial charge >= 0.3 is 0 Å². The highest BCUT2D eigenvalue weighted by Crippen LogP contribution is 2.12. The molecule has 0 aliphatic heterocycles. The van der Waals surface area contributed by atoms with Gasteiger partial charge in [0.2, 0.25) is 0 Å². The van der Waals surface area contributed by atoms with Gasteiger partial charge in [-0.1, -0.05) is 44.4 Å². The third-order valence-corrected chi connectivity index (χ3v) is 2.71. The lowest BCUT2D eigenvalue weighted by atomic mass is 10.2. The number of unbranched alkanes of at least 4 members (excludes halogenated alkanes) is 4. The summed E-state index contributed by atoms with van der Waals surface area (Å²) < 4.78 is 5.67. The molecule has 0 fully saturated rings. The van der Waals surface area contributed by atoms with E-state index in [0.717, 1.165) is 24.3 Å². The number of ether oxygens (including phenoxy) is 1. The van der Waals surface area contributed by atoms with Gasteiger partial charge in [-0.25, -0.2) is 0 Å². The van der Waals surface area contributed by atoms with E-state index in [9.17, 15) is 0 Å². The highest BCUT2D eigenvalue weighted by atomic mass is 16.5. The monoisotopic (exact) mass is 245 g/mol. The van der Waals surface area contributed by atoms with Crippen molar-refractivity contribution in [3.8, 4) is 17.6 Å². The van der Waals surface area contributed by atoms with E-state index in [-0.39, 0.29) is 0 Å². The fourth-order valence-electron chi connectivity index (χ4n) is 1.68. The van der Waals surface area contributed by atoms with Crippen LogP contribution in [0.1, 0.15) is 44.6 Å². The van der Waals surface area contributed by atoms with E-state index < -0.39 is 0 Å². The van der Waals surface area contributed by atoms with E-state index in [2.05, 4.69) is 18.8 Å². The van der Waals surface area contributed by atoms with Gasteiger partial charge in [0.05, 0.1) is 13.2 Å². The molecule has 2 nitrogen and oxygen atoms in total. The summed E-state index contributed by atoms with van der Waals surface area (Å²) in [5, 5.41) is 0. The second-order valence-corrected chi connectivity index (χ2v) is 4.29. The van der Waals surface area contributed by atoms with Crippen LogP contribution in [-0.4, -0.2) is 13.2 Å². The molecule has 0 atom stereocenters. The van der Waals surface area contributed by atoms with E-state index in [1.54, 1.807) is 0 Å². The highest BCUT2D eigenvalue weighted by Gasteiger charge is 1.94. The molecule has 0 heterocycles. The average Bonchev–Trinajstić information content (AvgIpc) is 2.42. The number of rotatable bonds is 7. The van der Waals surface area contributed by atoms with Gasteiger partial charge in [-0.15, -0.1) is 0 Å². The van der Waals surface area contributed by atoms with Crippen LogP contribution in [-0.2, 0) is 0 Å². The maximum atomic E-state index is 5.67. The third-order valence-electron chi connectivity index (χ3n) is 2.71. The molecule has 0 aromatic heterocycles. The predicted octanol–water partition coefficient (Wildman–Crippen LogP) is 3.35. The zero-order chi connectivity index (χ0) is 13.1. The first kappa shape index (κ1) is 14.6. The summed E-state index contributed by atoms with van der Waals surface area (Å²) in [6.07, 6.45) is 6.32. The maximum absolute atomic E-state index is 5.67. The Labute approximate surface area is 111 Å². The van der Waals surface area contributed by atoms with Crippen molar-refractivity contribution < 1.29 is 4.74 Å². The van der Waals surface area contributed by atoms with Crippen LogP contribution in [0.15, 0.2) is 24.3 Å². The largest absolute Gasteiger partial charge is 0.494 e. The lowest BCUT2D eigenvalue weighted by molar-refractivity contribution is 0.304. The van der Waals surface area contributed by atoms with Crippen molar-refractivity contribution in [1.29, 1.82) is 0 Å². The van der Waals surface area contributed by atoms with Crippen LogP contribution in [0.2, 0.25) is 0 Å². The van der Waals surface area contributed by atoms with Crippen LogP contribution in [0.5, 0.6) is 5.75 Å². The molecule has 2 N–H and O–H groups in total. The van der Waals surface area contributed by atoms with Crippen LogP contribution in [0.4, 0.5) is 0 Å². The molecule has 0 aliphatic rings. The average molecular weight is 245 g/mol. The van der Waals surface area contributed by atoms with E-state index in [1.807, 2.05) is 24.3 Å². The molecular formula is C16H23NO. The number of hydrogen-bond acceptors (Lipinski definition) is 2. The smallest absolute Gasteiger partial charge is 0.119 e. The molecule has 0 unspecified atom stereocenters. The van der Waals surface area contributed by atoms with Crippen LogP contribution in [0.25, 0.3) is 0 Å². The van der Waals surface area contributed by atoms with Gasteiger partial charge in [-0.05, 0) is 30.7 Å². The fraction of sp³-hybridized carbons (Fsp3) is 0.500. The lowest BCUT2D eigenvalue weighted by Crippen LogP contribution is -1.97. The zero-order valence-electron chi connectivity index (χ0n) is 11.2. The molecule has 1 aromatic carbocycles. The minimum Gasteiger partial charge on any atom is -0.494 e. The first-order valence-corrected chi connectivity index (χ1v) is 6.78. The molecule has 0 bridgehead atoms. The molecule has 1 aromatic rings. The van der Waals surface area contributed by atoms with Gasteiger partial charge in [0.1, 0.15) is 5.75 Å². The Morgan fingerprint density at radius 2 is 1.78 bits per heavy atom. The van der Waals surface area contributed by atoms with E-state index in [4.69, 9.17) is 10.5 Å². The van der Waals surface area contributed by atoms with Crippen LogP contribution in [0, 0.1) is 11.8 Å². The number of benzene rings is 1. The number of hydrogen-bond donors (Lipinski definition) is 1. The topological polar surface area (TPSA) is 35.2 Å². The minimum absolute atomic E-state index is 0.399. The molecule has 18 heavy (non-hydrogen) atoms. The van der Waals surface area contributed by atoms with Gasteiger partial charge in [0, 0.05) is 5.56 Å². The van der Waals surface area contributed by atoms with Crippen molar-refractivity contribution in [2.24, 2.45) is 5.73 Å². The standard InChI is InChI=1S/C16H23NO/c1-2-3-4-5-6-14-18-16-11-9-15(10-12-16)8-7-13-17/h9-12H,2-6,13-14,17H2,1H3. The second-order valence-electron chi connectivity index (χ2n) is 4.29. The molecule has 0 aliphatic carbocycles. The Morgan fingerprint density at radius 1 is 1.06 bits per heavy atom. The first-order valence-electron chi connectivity index (χ1n) is 6.78. The summed E-state index contributed by atoms with van der Waals surface area (Å²) in [4.78, 5) is 0. The summed E-state index contributed by atoms with van der Waals surface area (Å²) in [5.74, 6) is 6.74. The normalized spacial score (nSPS) is 9.67. The summed E-state index contributed by atoms with van der Waals surface area (Å²) in [7, 11) is 0. The molecule has 0 amide bonds. The van der Waals surface area contributed by atoms with Gasteiger partial charge in [-0.3, -0.25) is 0 Å². The van der Waals surface area contributed by atoms with Crippen molar-refractivity contribution in [2.75, 3.05) is 13.2 Å². The predicted molar refractivity (Wildman–Crippen MR) is 76.6 cm³/mol. The SMILES string of the molecule is CCCCCCCOc1ccc(C#CCN)cc1. The molecule has 1 rings (SSSR count). The molecule has 0 saturated heterocycles. The zero-order valence-corrected chi connectivity index (χ0v) is 11.2. The van der Waals surface area contributed by atoms with Gasteiger partial charge in [0.15, 0.2) is 0 Å². The Hall–Kier alpha value is -1.46. The molecule has 0 spiro atoms. The summed E-state index contributed by atoms with van der Waals surface area (Å²) in [6.45, 7) is 3.43. The second kappa shape index (κ2) is 9.56. The summed E-state index contributed by atoms with van der Waals surface area (Å²) in [6, 6.07) is 7.86. The number of nitrogens with two attached hydrogens (primary N) is 1. The van der Waals surface area contributed by atoms with Crippen LogP contribution >= 0.6 is 0 Å². The molecule has 0 saturated carbocycles. The fourth-order valence-corrected chi connectivity index (χ4v) is 1.68. The molecule has 0 radical (unpaired) electrons. The van der Waals surface area contributed by atoms with Gasteiger partial charge in [-0.2, -0.15) is 0 Å². The first-order chi connectivity index (χ1) is 8.86. The van der Waals surface area contributed by atoms with Gasteiger partial charge in [0.25, 0.3) is 0 Å². The van der Waals surface area contributed by atoms with Crippen molar-refractivity contribution in [3.05, 3.63) is 29.8 Å². The Bertz CT molecular complexity index is 372. The Balaban J connectivity index is 2.22. The van der Waals surface area contributed by atoms with Crippen LogP contribution < -0.4 is 10.5 Å². The van der Waals surface area contributed by atoms with Crippen molar-refractivity contribution in [3.63, 3.8) is 0 Å². The lowest BCUT2D eigenvalue weighted by Gasteiger charge is -2.05. The summed E-state index contributed by atoms with van der Waals surface area (Å²) in [5.41, 5.74) is 6.31. The van der Waals surface area contributed by atoms with E-state index in [0.29, 0.717) is 6.54 Å².